The largest absolute Gasteiger partial charge is 0.390 e. The molecule has 0 saturated heterocycles. The molecule has 2 aromatic rings. The van der Waals surface area contributed by atoms with Crippen LogP contribution in [0.15, 0.2) is 35.2 Å². The SMILES string of the molecule is O=C(Nc1cc(F)c(F)c(F)c1)c1ccc(Cl)c(S(=O)(=O)C2CC3CC[C@@H](C2)C3(O)COC2C[C@@H](O)[C@@H](O)C2)c1. The number of carbonyl (C=O) groups is 1. The van der Waals surface area contributed by atoms with Crippen LogP contribution in [-0.2, 0) is 14.6 Å². The van der Waals surface area contributed by atoms with Crippen LogP contribution in [0, 0.1) is 29.3 Å². The highest BCUT2D eigenvalue weighted by Crippen LogP contribution is 2.52. The van der Waals surface area contributed by atoms with Crippen LogP contribution in [0.2, 0.25) is 5.02 Å². The Morgan fingerprint density at radius 3 is 2.15 bits per heavy atom. The lowest BCUT2D eigenvalue weighted by Gasteiger charge is -2.42. The number of aliphatic hydroxyl groups excluding tert-OH is 2. The maximum Gasteiger partial charge on any atom is 0.255 e. The molecule has 3 aliphatic rings. The van der Waals surface area contributed by atoms with Gasteiger partial charge in [-0.3, -0.25) is 4.79 Å². The van der Waals surface area contributed by atoms with E-state index in [1.165, 1.54) is 12.1 Å². The van der Waals surface area contributed by atoms with Crippen molar-refractivity contribution in [2.45, 2.75) is 72.6 Å². The summed E-state index contributed by atoms with van der Waals surface area (Å²) in [5.74, 6) is -6.28. The number of benzene rings is 2. The first-order valence-corrected chi connectivity index (χ1v) is 14.9. The molecule has 1 amide bonds. The summed E-state index contributed by atoms with van der Waals surface area (Å²) in [5.41, 5.74) is -1.74. The average Bonchev–Trinajstić information content (AvgIpc) is 3.25. The molecule has 218 valence electrons. The van der Waals surface area contributed by atoms with E-state index in [1.54, 1.807) is 0 Å². The van der Waals surface area contributed by atoms with Crippen molar-refractivity contribution < 1.29 is 46.4 Å². The minimum atomic E-state index is -4.06. The molecule has 2 bridgehead atoms. The van der Waals surface area contributed by atoms with Crippen LogP contribution >= 0.6 is 11.6 Å². The van der Waals surface area contributed by atoms with E-state index in [2.05, 4.69) is 5.32 Å². The number of amides is 1. The van der Waals surface area contributed by atoms with Gasteiger partial charge in [0.25, 0.3) is 5.91 Å². The monoisotopic (exact) mass is 603 g/mol. The Hall–Kier alpha value is -2.22. The second-order valence-electron chi connectivity index (χ2n) is 11.0. The molecule has 3 saturated carbocycles. The van der Waals surface area contributed by atoms with Crippen molar-refractivity contribution in [2.75, 3.05) is 11.9 Å². The van der Waals surface area contributed by atoms with Gasteiger partial charge in [-0.15, -0.1) is 0 Å². The Balaban J connectivity index is 1.31. The van der Waals surface area contributed by atoms with Crippen LogP contribution < -0.4 is 5.32 Å². The molecular weight excluding hydrogens is 575 g/mol. The zero-order valence-corrected chi connectivity index (χ0v) is 22.8. The summed E-state index contributed by atoms with van der Waals surface area (Å²) in [4.78, 5) is 12.5. The van der Waals surface area contributed by atoms with Gasteiger partial charge in [0.15, 0.2) is 27.3 Å². The topological polar surface area (TPSA) is 133 Å². The standard InChI is InChI=1S/C27H29ClF3NO7S/c28-19-4-1-13(26(35)32-16-8-20(29)25(31)21(30)9-16)5-24(19)40(37,38)18-6-14-2-3-15(7-18)27(14,36)12-39-17-10-22(33)23(34)11-17/h1,4-5,8-9,14-15,17-18,22-23,33-34,36H,2-3,6-7,10-12H2,(H,32,35)/t14-,15?,17?,18?,22-,23+,27?/m0/s1. The van der Waals surface area contributed by atoms with Gasteiger partial charge in [0.1, 0.15) is 0 Å². The summed E-state index contributed by atoms with van der Waals surface area (Å²) in [6.07, 6.45) is -0.124. The van der Waals surface area contributed by atoms with Gasteiger partial charge >= 0.3 is 0 Å². The number of aliphatic hydroxyl groups is 3. The summed E-state index contributed by atoms with van der Waals surface area (Å²) >= 11 is 6.25. The van der Waals surface area contributed by atoms with Crippen LogP contribution in [0.5, 0.6) is 0 Å². The number of hydrogen-bond donors (Lipinski definition) is 4. The highest BCUT2D eigenvalue weighted by Gasteiger charge is 2.56. The van der Waals surface area contributed by atoms with E-state index in [1.807, 2.05) is 0 Å². The van der Waals surface area contributed by atoms with Gasteiger partial charge in [0, 0.05) is 36.2 Å². The number of halogens is 4. The van der Waals surface area contributed by atoms with Gasteiger partial charge in [0.2, 0.25) is 0 Å². The van der Waals surface area contributed by atoms with Gasteiger partial charge in [-0.2, -0.15) is 0 Å². The molecule has 7 atom stereocenters. The molecule has 4 N–H and O–H groups in total. The molecule has 3 aliphatic carbocycles. The Morgan fingerprint density at radius 1 is 1.00 bits per heavy atom. The molecule has 13 heteroatoms. The number of nitrogens with one attached hydrogen (secondary N) is 1. The van der Waals surface area contributed by atoms with Crippen LogP contribution in [-0.4, -0.2) is 65.4 Å². The predicted molar refractivity (Wildman–Crippen MR) is 138 cm³/mol. The van der Waals surface area contributed by atoms with E-state index >= 15 is 0 Å². The average molecular weight is 604 g/mol. The summed E-state index contributed by atoms with van der Waals surface area (Å²) in [6.45, 7) is -0.0276. The molecule has 0 spiro atoms. The Morgan fingerprint density at radius 2 is 1.57 bits per heavy atom. The number of hydrogen-bond acceptors (Lipinski definition) is 7. The third kappa shape index (κ3) is 5.37. The maximum absolute atomic E-state index is 13.7. The highest BCUT2D eigenvalue weighted by atomic mass is 35.5. The number of anilines is 1. The molecule has 0 radical (unpaired) electrons. The fourth-order valence-corrected chi connectivity index (χ4v) is 8.71. The summed E-state index contributed by atoms with van der Waals surface area (Å²) in [6, 6.07) is 4.78. The van der Waals surface area contributed by atoms with Crippen molar-refractivity contribution in [3.05, 3.63) is 58.4 Å². The van der Waals surface area contributed by atoms with E-state index < -0.39 is 62.4 Å². The van der Waals surface area contributed by atoms with E-state index in [9.17, 15) is 41.7 Å². The maximum atomic E-state index is 13.7. The summed E-state index contributed by atoms with van der Waals surface area (Å²) in [7, 11) is -4.06. The molecule has 0 aliphatic heterocycles. The van der Waals surface area contributed by atoms with Gasteiger partial charge in [-0.05, 0) is 55.7 Å². The number of ether oxygens (including phenoxy) is 1. The first-order valence-electron chi connectivity index (χ1n) is 13.0. The number of sulfone groups is 1. The third-order valence-corrected chi connectivity index (χ3v) is 11.2. The number of fused-ring (bicyclic) bond motifs is 2. The molecule has 8 nitrogen and oxygen atoms in total. The van der Waals surface area contributed by atoms with Gasteiger partial charge in [-0.25, -0.2) is 21.6 Å². The first-order chi connectivity index (χ1) is 18.8. The first kappa shape index (κ1) is 29.3. The molecule has 4 unspecified atom stereocenters. The molecule has 3 fully saturated rings. The quantitative estimate of drug-likeness (QED) is 0.356. The van der Waals surface area contributed by atoms with Crippen LogP contribution in [0.1, 0.15) is 48.9 Å². The number of carbonyl (C=O) groups excluding carboxylic acids is 1. The molecule has 2 aromatic carbocycles. The summed E-state index contributed by atoms with van der Waals surface area (Å²) < 4.78 is 73.6. The lowest BCUT2D eigenvalue weighted by molar-refractivity contribution is -0.129. The zero-order chi connectivity index (χ0) is 29.0. The van der Waals surface area contributed by atoms with Gasteiger partial charge in [0.05, 0.1) is 45.7 Å². The van der Waals surface area contributed by atoms with Crippen molar-refractivity contribution in [2.24, 2.45) is 11.8 Å². The van der Waals surface area contributed by atoms with Crippen molar-refractivity contribution in [1.29, 1.82) is 0 Å². The third-order valence-electron chi connectivity index (χ3n) is 8.56. The fourth-order valence-electron chi connectivity index (χ4n) is 6.31. The smallest absolute Gasteiger partial charge is 0.255 e. The second-order valence-corrected chi connectivity index (χ2v) is 13.6. The lowest BCUT2D eigenvalue weighted by Crippen LogP contribution is -2.51. The Labute approximate surface area is 234 Å². The Bertz CT molecular complexity index is 1380. The van der Waals surface area contributed by atoms with Crippen LogP contribution in [0.4, 0.5) is 18.9 Å². The second kappa shape index (κ2) is 10.9. The Kier molecular flexibility index (Phi) is 7.97. The minimum absolute atomic E-state index is 0.0276. The van der Waals surface area contributed by atoms with E-state index in [4.69, 9.17) is 16.3 Å². The molecule has 5 rings (SSSR count). The van der Waals surface area contributed by atoms with Crippen molar-refractivity contribution in [3.8, 4) is 0 Å². The van der Waals surface area contributed by atoms with Crippen molar-refractivity contribution in [3.63, 3.8) is 0 Å². The predicted octanol–water partition coefficient (Wildman–Crippen LogP) is 3.60. The summed E-state index contributed by atoms with van der Waals surface area (Å²) in [5, 5.41) is 32.2. The molecule has 0 heterocycles. The van der Waals surface area contributed by atoms with Crippen LogP contribution in [0.25, 0.3) is 0 Å². The van der Waals surface area contributed by atoms with E-state index in [0.29, 0.717) is 25.0 Å². The van der Waals surface area contributed by atoms with E-state index in [-0.39, 0.29) is 65.3 Å². The molecule has 0 aromatic heterocycles. The highest BCUT2D eigenvalue weighted by molar-refractivity contribution is 7.92. The lowest BCUT2D eigenvalue weighted by atomic mass is 9.75. The van der Waals surface area contributed by atoms with Gasteiger partial charge in [-0.1, -0.05) is 11.6 Å². The normalized spacial score (nSPS) is 31.9. The van der Waals surface area contributed by atoms with Crippen LogP contribution in [0.3, 0.4) is 0 Å². The zero-order valence-electron chi connectivity index (χ0n) is 21.2. The molecular formula is C27H29ClF3NO7S. The van der Waals surface area contributed by atoms with Crippen molar-refractivity contribution in [1.82, 2.24) is 0 Å². The van der Waals surface area contributed by atoms with E-state index in [0.717, 1.165) is 6.07 Å². The number of rotatable bonds is 7. The van der Waals surface area contributed by atoms with Crippen molar-refractivity contribution >= 4 is 33.0 Å². The van der Waals surface area contributed by atoms with Gasteiger partial charge < -0.3 is 25.4 Å². The fraction of sp³-hybridized carbons (Fsp3) is 0.519. The molecule has 40 heavy (non-hydrogen) atoms. The minimum Gasteiger partial charge on any atom is -0.390 e.